The van der Waals surface area contributed by atoms with Gasteiger partial charge in [-0.15, -0.1) is 0 Å². The van der Waals surface area contributed by atoms with Gasteiger partial charge in [0.1, 0.15) is 5.75 Å². The summed E-state index contributed by atoms with van der Waals surface area (Å²) >= 11 is 0. The molecular weight excluding hydrogens is 254 g/mol. The summed E-state index contributed by atoms with van der Waals surface area (Å²) in [6, 6.07) is 2.06. The molecule has 3 unspecified atom stereocenters. The average Bonchev–Trinajstić information content (AvgIpc) is 2.37. The Hall–Kier alpha value is -1.09. The van der Waals surface area contributed by atoms with Crippen LogP contribution in [0, 0.1) is 23.2 Å². The van der Waals surface area contributed by atoms with Crippen molar-refractivity contribution in [1.29, 1.82) is 5.26 Å². The highest BCUT2D eigenvalue weighted by atomic mass is 32.2. The van der Waals surface area contributed by atoms with Gasteiger partial charge in [0.25, 0.3) is 0 Å². The van der Waals surface area contributed by atoms with Gasteiger partial charge in [0.15, 0.2) is 9.84 Å². The molecule has 5 nitrogen and oxygen atoms in total. The summed E-state index contributed by atoms with van der Waals surface area (Å²) in [4.78, 5) is 11.1. The summed E-state index contributed by atoms with van der Waals surface area (Å²) in [7, 11) is -2.43. The van der Waals surface area contributed by atoms with Gasteiger partial charge in [-0.2, -0.15) is 5.26 Å². The Morgan fingerprint density at radius 3 is 2.61 bits per heavy atom. The SMILES string of the molecule is CCC1CCC(C#N)C(S(=O)(=O)CC(=O)OC)C1. The van der Waals surface area contributed by atoms with Gasteiger partial charge in [-0.3, -0.25) is 4.79 Å². The molecule has 0 aliphatic heterocycles. The average molecular weight is 273 g/mol. The molecule has 1 fully saturated rings. The summed E-state index contributed by atoms with van der Waals surface area (Å²) in [5.74, 6) is -1.55. The molecule has 1 aliphatic carbocycles. The van der Waals surface area contributed by atoms with E-state index >= 15 is 0 Å². The summed E-state index contributed by atoms with van der Waals surface area (Å²) in [6.07, 6.45) is 2.87. The smallest absolute Gasteiger partial charge is 0.320 e. The van der Waals surface area contributed by atoms with Crippen LogP contribution < -0.4 is 0 Å². The first kappa shape index (κ1) is 15.0. The second-order valence-corrected chi connectivity index (χ2v) is 6.96. The van der Waals surface area contributed by atoms with Crippen molar-refractivity contribution >= 4 is 15.8 Å². The Balaban J connectivity index is 2.88. The van der Waals surface area contributed by atoms with Crippen molar-refractivity contribution in [2.75, 3.05) is 12.9 Å². The van der Waals surface area contributed by atoms with Crippen LogP contribution >= 0.6 is 0 Å². The molecule has 0 heterocycles. The minimum absolute atomic E-state index is 0.326. The van der Waals surface area contributed by atoms with E-state index in [9.17, 15) is 13.2 Å². The van der Waals surface area contributed by atoms with Gasteiger partial charge >= 0.3 is 5.97 Å². The van der Waals surface area contributed by atoms with E-state index in [0.717, 1.165) is 20.0 Å². The van der Waals surface area contributed by atoms with E-state index in [1.807, 2.05) is 6.92 Å². The van der Waals surface area contributed by atoms with Crippen LogP contribution in [0.1, 0.15) is 32.6 Å². The molecule has 0 spiro atoms. The lowest BCUT2D eigenvalue weighted by atomic mass is 9.81. The van der Waals surface area contributed by atoms with E-state index in [1.165, 1.54) is 0 Å². The van der Waals surface area contributed by atoms with Crippen molar-refractivity contribution in [1.82, 2.24) is 0 Å². The van der Waals surface area contributed by atoms with E-state index in [2.05, 4.69) is 10.8 Å². The summed E-state index contributed by atoms with van der Waals surface area (Å²) < 4.78 is 28.7. The molecule has 0 aromatic rings. The maximum absolute atomic E-state index is 12.1. The Morgan fingerprint density at radius 1 is 1.44 bits per heavy atom. The Labute approximate surface area is 108 Å². The van der Waals surface area contributed by atoms with Crippen LogP contribution in [0.25, 0.3) is 0 Å². The number of carbonyl (C=O) groups excluding carboxylic acids is 1. The first-order chi connectivity index (χ1) is 8.44. The van der Waals surface area contributed by atoms with Gasteiger partial charge in [0.2, 0.25) is 0 Å². The summed E-state index contributed by atoms with van der Waals surface area (Å²) in [5.41, 5.74) is 0. The van der Waals surface area contributed by atoms with Gasteiger partial charge in [0, 0.05) is 0 Å². The van der Waals surface area contributed by atoms with Gasteiger partial charge in [-0.25, -0.2) is 8.42 Å². The maximum atomic E-state index is 12.1. The Kier molecular flexibility index (Phi) is 5.15. The lowest BCUT2D eigenvalue weighted by Crippen LogP contribution is -2.38. The predicted octanol–water partition coefficient (Wildman–Crippen LogP) is 1.29. The van der Waals surface area contributed by atoms with E-state index in [0.29, 0.717) is 18.8 Å². The molecule has 0 radical (unpaired) electrons. The predicted molar refractivity (Wildman–Crippen MR) is 66.3 cm³/mol. The standard InChI is InChI=1S/C12H19NO4S/c1-3-9-4-5-10(7-13)11(6-9)18(15,16)8-12(14)17-2/h9-11H,3-6,8H2,1-2H3. The zero-order valence-electron chi connectivity index (χ0n) is 10.8. The van der Waals surface area contributed by atoms with Crippen molar-refractivity contribution in [2.45, 2.75) is 37.9 Å². The number of carbonyl (C=O) groups is 1. The zero-order chi connectivity index (χ0) is 13.8. The molecule has 102 valence electrons. The molecule has 0 aromatic heterocycles. The number of nitriles is 1. The highest BCUT2D eigenvalue weighted by Gasteiger charge is 2.39. The minimum Gasteiger partial charge on any atom is -0.468 e. The molecule has 6 heteroatoms. The van der Waals surface area contributed by atoms with Gasteiger partial charge in [0.05, 0.1) is 24.3 Å². The van der Waals surface area contributed by atoms with Crippen LogP contribution in [0.5, 0.6) is 0 Å². The summed E-state index contributed by atoms with van der Waals surface area (Å²) in [6.45, 7) is 2.02. The molecule has 0 amide bonds. The first-order valence-electron chi connectivity index (χ1n) is 6.12. The quantitative estimate of drug-likeness (QED) is 0.721. The van der Waals surface area contributed by atoms with Crippen molar-refractivity contribution in [2.24, 2.45) is 11.8 Å². The molecule has 3 atom stereocenters. The lowest BCUT2D eigenvalue weighted by Gasteiger charge is -2.31. The third kappa shape index (κ3) is 3.45. The molecule has 0 N–H and O–H groups in total. The maximum Gasteiger partial charge on any atom is 0.320 e. The number of methoxy groups -OCH3 is 1. The third-order valence-electron chi connectivity index (χ3n) is 3.65. The minimum atomic E-state index is -3.60. The Bertz CT molecular complexity index is 437. The number of ether oxygens (including phenoxy) is 1. The topological polar surface area (TPSA) is 84.2 Å². The molecule has 18 heavy (non-hydrogen) atoms. The normalized spacial score (nSPS) is 28.4. The third-order valence-corrected chi connectivity index (χ3v) is 5.73. The van der Waals surface area contributed by atoms with Crippen LogP contribution in [0.3, 0.4) is 0 Å². The van der Waals surface area contributed by atoms with Gasteiger partial charge in [-0.1, -0.05) is 13.3 Å². The van der Waals surface area contributed by atoms with Crippen molar-refractivity contribution < 1.29 is 17.9 Å². The van der Waals surface area contributed by atoms with Crippen LogP contribution in [-0.4, -0.2) is 32.5 Å². The molecule has 0 bridgehead atoms. The number of nitrogens with zero attached hydrogens (tertiary/aromatic N) is 1. The lowest BCUT2D eigenvalue weighted by molar-refractivity contribution is -0.137. The number of sulfone groups is 1. The van der Waals surface area contributed by atoms with E-state index in [-0.39, 0.29) is 0 Å². The molecule has 1 rings (SSSR count). The Morgan fingerprint density at radius 2 is 2.11 bits per heavy atom. The largest absolute Gasteiger partial charge is 0.468 e. The molecule has 0 saturated heterocycles. The van der Waals surface area contributed by atoms with Crippen molar-refractivity contribution in [3.8, 4) is 6.07 Å². The van der Waals surface area contributed by atoms with Crippen LogP contribution in [0.2, 0.25) is 0 Å². The fourth-order valence-corrected chi connectivity index (χ4v) is 4.38. The molecular formula is C12H19NO4S. The van der Waals surface area contributed by atoms with Crippen molar-refractivity contribution in [3.05, 3.63) is 0 Å². The van der Waals surface area contributed by atoms with Crippen LogP contribution in [-0.2, 0) is 19.4 Å². The monoisotopic (exact) mass is 273 g/mol. The van der Waals surface area contributed by atoms with Gasteiger partial charge < -0.3 is 4.74 Å². The van der Waals surface area contributed by atoms with Gasteiger partial charge in [-0.05, 0) is 25.2 Å². The number of hydrogen-bond donors (Lipinski definition) is 0. The highest BCUT2D eigenvalue weighted by molar-refractivity contribution is 7.92. The fourth-order valence-electron chi connectivity index (χ4n) is 2.46. The fraction of sp³-hybridized carbons (Fsp3) is 0.833. The number of esters is 1. The number of hydrogen-bond acceptors (Lipinski definition) is 5. The van der Waals surface area contributed by atoms with Crippen LogP contribution in [0.4, 0.5) is 0 Å². The van der Waals surface area contributed by atoms with Crippen LogP contribution in [0.15, 0.2) is 0 Å². The van der Waals surface area contributed by atoms with E-state index in [1.54, 1.807) is 0 Å². The number of rotatable bonds is 4. The molecule has 1 saturated carbocycles. The zero-order valence-corrected chi connectivity index (χ0v) is 11.6. The second-order valence-electron chi connectivity index (χ2n) is 4.74. The van der Waals surface area contributed by atoms with E-state index in [4.69, 9.17) is 5.26 Å². The summed E-state index contributed by atoms with van der Waals surface area (Å²) in [5, 5.41) is 8.32. The molecule has 0 aromatic carbocycles. The highest BCUT2D eigenvalue weighted by Crippen LogP contribution is 2.35. The second kappa shape index (κ2) is 6.19. The first-order valence-corrected chi connectivity index (χ1v) is 7.84. The molecule has 1 aliphatic rings. The van der Waals surface area contributed by atoms with Crippen molar-refractivity contribution in [3.63, 3.8) is 0 Å². The van der Waals surface area contributed by atoms with E-state index < -0.39 is 32.7 Å².